The highest BCUT2D eigenvalue weighted by molar-refractivity contribution is 6.61. The molecule has 15 heavy (non-hydrogen) atoms. The second-order valence-electron chi connectivity index (χ2n) is 4.01. The molecule has 4 heteroatoms. The van der Waals surface area contributed by atoms with E-state index >= 15 is 0 Å². The Bertz CT molecular complexity index is 413. The van der Waals surface area contributed by atoms with Gasteiger partial charge in [-0.1, -0.05) is 42.3 Å². The molecule has 2 rings (SSSR count). The van der Waals surface area contributed by atoms with Gasteiger partial charge in [-0.25, -0.2) is 4.39 Å². The first-order valence-corrected chi connectivity index (χ1v) is 5.31. The number of hydrogen-bond acceptors (Lipinski definition) is 1. The van der Waals surface area contributed by atoms with Gasteiger partial charge in [0.2, 0.25) is 0 Å². The fraction of sp³-hybridized carbons (Fsp3) is 0.364. The maximum Gasteiger partial charge on any atom is 0.185 e. The molecule has 0 aliphatic heterocycles. The Balaban J connectivity index is 2.40. The average molecular weight is 247 g/mol. The summed E-state index contributed by atoms with van der Waals surface area (Å²) in [5.74, 6) is -0.500. The lowest BCUT2D eigenvalue weighted by molar-refractivity contribution is -0.129. The molecule has 1 fully saturated rings. The standard InChI is InChI=1S/C11H9Cl2FO/c1-10(6-9(15)11(10,12)13)7-2-4-8(14)5-3-7/h2-5H,6H2,1H3. The van der Waals surface area contributed by atoms with Gasteiger partial charge in [0.05, 0.1) is 0 Å². The summed E-state index contributed by atoms with van der Waals surface area (Å²) in [5.41, 5.74) is 0.175. The summed E-state index contributed by atoms with van der Waals surface area (Å²) in [6.07, 6.45) is 0.297. The van der Waals surface area contributed by atoms with Crippen LogP contribution >= 0.6 is 23.2 Å². The summed E-state index contributed by atoms with van der Waals surface area (Å²) in [6, 6.07) is 5.91. The minimum atomic E-state index is -1.38. The van der Waals surface area contributed by atoms with E-state index in [2.05, 4.69) is 0 Å². The van der Waals surface area contributed by atoms with Crippen molar-refractivity contribution in [3.63, 3.8) is 0 Å². The lowest BCUT2D eigenvalue weighted by atomic mass is 9.64. The van der Waals surface area contributed by atoms with Crippen molar-refractivity contribution in [1.29, 1.82) is 0 Å². The second kappa shape index (κ2) is 3.19. The molecule has 1 aliphatic carbocycles. The molecule has 0 saturated heterocycles. The number of Topliss-reactive ketones (excluding diaryl/α,β-unsaturated/α-hetero) is 1. The zero-order valence-corrected chi connectivity index (χ0v) is 9.57. The van der Waals surface area contributed by atoms with E-state index in [0.29, 0.717) is 6.42 Å². The monoisotopic (exact) mass is 246 g/mol. The van der Waals surface area contributed by atoms with Crippen LogP contribution in [0.5, 0.6) is 0 Å². The third-order valence-corrected chi connectivity index (χ3v) is 4.29. The van der Waals surface area contributed by atoms with E-state index in [9.17, 15) is 9.18 Å². The van der Waals surface area contributed by atoms with Crippen LogP contribution in [0.1, 0.15) is 18.9 Å². The van der Waals surface area contributed by atoms with Crippen molar-refractivity contribution in [3.05, 3.63) is 35.6 Å². The summed E-state index contributed by atoms with van der Waals surface area (Å²) < 4.78 is 11.3. The van der Waals surface area contributed by atoms with Crippen LogP contribution in [0, 0.1) is 5.82 Å². The van der Waals surface area contributed by atoms with Crippen LogP contribution in [0.4, 0.5) is 4.39 Å². The summed E-state index contributed by atoms with van der Waals surface area (Å²) in [6.45, 7) is 1.81. The van der Waals surface area contributed by atoms with Crippen LogP contribution in [0.25, 0.3) is 0 Å². The van der Waals surface area contributed by atoms with Gasteiger partial charge in [0.1, 0.15) is 5.82 Å². The molecule has 0 bridgehead atoms. The van der Waals surface area contributed by atoms with Crippen molar-refractivity contribution in [1.82, 2.24) is 0 Å². The van der Waals surface area contributed by atoms with Crippen molar-refractivity contribution in [3.8, 4) is 0 Å². The van der Waals surface area contributed by atoms with Gasteiger partial charge in [-0.2, -0.15) is 0 Å². The first-order chi connectivity index (χ1) is 6.88. The van der Waals surface area contributed by atoms with E-state index in [1.807, 2.05) is 6.92 Å². The number of benzene rings is 1. The average Bonchev–Trinajstić information content (AvgIpc) is 2.18. The fourth-order valence-electron chi connectivity index (χ4n) is 1.85. The summed E-state index contributed by atoms with van der Waals surface area (Å²) in [5, 5.41) is 0. The number of alkyl halides is 2. The molecular weight excluding hydrogens is 238 g/mol. The fourth-order valence-corrected chi connectivity index (χ4v) is 2.33. The molecule has 1 unspecified atom stereocenters. The predicted octanol–water partition coefficient (Wildman–Crippen LogP) is 3.23. The predicted molar refractivity (Wildman–Crippen MR) is 57.8 cm³/mol. The lowest BCUT2D eigenvalue weighted by Gasteiger charge is -2.48. The molecule has 1 atom stereocenters. The third kappa shape index (κ3) is 1.39. The van der Waals surface area contributed by atoms with E-state index in [0.717, 1.165) is 5.56 Å². The lowest BCUT2D eigenvalue weighted by Crippen LogP contribution is -2.59. The van der Waals surface area contributed by atoms with E-state index in [-0.39, 0.29) is 11.6 Å². The van der Waals surface area contributed by atoms with Crippen LogP contribution in [-0.2, 0) is 10.2 Å². The maximum atomic E-state index is 12.7. The Morgan fingerprint density at radius 1 is 1.27 bits per heavy atom. The number of carbonyl (C=O) groups excluding carboxylic acids is 1. The van der Waals surface area contributed by atoms with Crippen molar-refractivity contribution in [2.75, 3.05) is 0 Å². The topological polar surface area (TPSA) is 17.1 Å². The molecule has 0 amide bonds. The number of ketones is 1. The van der Waals surface area contributed by atoms with Crippen LogP contribution in [0.15, 0.2) is 24.3 Å². The highest BCUT2D eigenvalue weighted by Crippen LogP contribution is 2.55. The summed E-state index contributed by atoms with van der Waals surface area (Å²) in [7, 11) is 0. The van der Waals surface area contributed by atoms with Gasteiger partial charge < -0.3 is 0 Å². The normalized spacial score (nSPS) is 28.7. The Labute approximate surface area is 97.2 Å². The number of halogens is 3. The molecule has 1 nitrogen and oxygen atoms in total. The molecule has 1 aliphatic rings. The first kappa shape index (κ1) is 10.9. The Morgan fingerprint density at radius 3 is 2.20 bits per heavy atom. The Kier molecular flexibility index (Phi) is 2.32. The molecule has 0 heterocycles. The number of carbonyl (C=O) groups is 1. The van der Waals surface area contributed by atoms with E-state index < -0.39 is 9.75 Å². The highest BCUT2D eigenvalue weighted by atomic mass is 35.5. The second-order valence-corrected chi connectivity index (χ2v) is 5.34. The first-order valence-electron chi connectivity index (χ1n) is 4.55. The van der Waals surface area contributed by atoms with Crippen molar-refractivity contribution >= 4 is 29.0 Å². The zero-order chi connectivity index (χ0) is 11.3. The Hall–Kier alpha value is -0.600. The van der Waals surface area contributed by atoms with Gasteiger partial charge in [-0.05, 0) is 17.7 Å². The van der Waals surface area contributed by atoms with Gasteiger partial charge in [0, 0.05) is 11.8 Å². The van der Waals surface area contributed by atoms with Gasteiger partial charge in [-0.15, -0.1) is 0 Å². The smallest absolute Gasteiger partial charge is 0.185 e. The molecule has 0 N–H and O–H groups in total. The molecule has 1 aromatic carbocycles. The van der Waals surface area contributed by atoms with E-state index in [4.69, 9.17) is 23.2 Å². The SMILES string of the molecule is CC1(c2ccc(F)cc2)CC(=O)C1(Cl)Cl. The molecule has 0 radical (unpaired) electrons. The van der Waals surface area contributed by atoms with Crippen LogP contribution in [0.3, 0.4) is 0 Å². The van der Waals surface area contributed by atoms with Crippen LogP contribution in [-0.4, -0.2) is 10.1 Å². The van der Waals surface area contributed by atoms with Crippen molar-refractivity contribution in [2.45, 2.75) is 23.1 Å². The number of rotatable bonds is 1. The van der Waals surface area contributed by atoms with Crippen LogP contribution < -0.4 is 0 Å². The Morgan fingerprint density at radius 2 is 1.80 bits per heavy atom. The van der Waals surface area contributed by atoms with Gasteiger partial charge >= 0.3 is 0 Å². The highest BCUT2D eigenvalue weighted by Gasteiger charge is 2.62. The van der Waals surface area contributed by atoms with E-state index in [1.165, 1.54) is 12.1 Å². The van der Waals surface area contributed by atoms with Crippen molar-refractivity contribution < 1.29 is 9.18 Å². The maximum absolute atomic E-state index is 12.7. The van der Waals surface area contributed by atoms with Crippen LogP contribution in [0.2, 0.25) is 0 Å². The van der Waals surface area contributed by atoms with E-state index in [1.54, 1.807) is 12.1 Å². The zero-order valence-electron chi connectivity index (χ0n) is 8.06. The quantitative estimate of drug-likeness (QED) is 0.696. The van der Waals surface area contributed by atoms with Gasteiger partial charge in [-0.3, -0.25) is 4.79 Å². The molecular formula is C11H9Cl2FO. The van der Waals surface area contributed by atoms with Gasteiger partial charge in [0.15, 0.2) is 10.1 Å². The summed E-state index contributed by atoms with van der Waals surface area (Å²) in [4.78, 5) is 11.3. The molecule has 1 saturated carbocycles. The molecule has 0 spiro atoms. The minimum absolute atomic E-state index is 0.183. The van der Waals surface area contributed by atoms with Crippen molar-refractivity contribution in [2.24, 2.45) is 0 Å². The largest absolute Gasteiger partial charge is 0.296 e. The molecule has 0 aromatic heterocycles. The minimum Gasteiger partial charge on any atom is -0.296 e. The molecule has 80 valence electrons. The summed E-state index contributed by atoms with van der Waals surface area (Å²) >= 11 is 11.9. The molecule has 1 aromatic rings. The van der Waals surface area contributed by atoms with Gasteiger partial charge in [0.25, 0.3) is 0 Å². The number of hydrogen-bond donors (Lipinski definition) is 0. The third-order valence-electron chi connectivity index (χ3n) is 3.04.